The molecule has 1 N–H and O–H groups in total. The van der Waals surface area contributed by atoms with Crippen molar-refractivity contribution in [3.8, 4) is 0 Å². The second kappa shape index (κ2) is 8.72. The number of benzene rings is 1. The van der Waals surface area contributed by atoms with Gasteiger partial charge in [-0.2, -0.15) is 13.2 Å². The van der Waals surface area contributed by atoms with Gasteiger partial charge in [0.1, 0.15) is 17.2 Å². The molecule has 0 radical (unpaired) electrons. The molecule has 0 spiro atoms. The summed E-state index contributed by atoms with van der Waals surface area (Å²) in [5.74, 6) is -3.20. The second-order valence-electron chi connectivity index (χ2n) is 6.19. The molecule has 3 aromatic rings. The molecule has 1 amide bonds. The lowest BCUT2D eigenvalue weighted by Crippen LogP contribution is -2.26. The van der Waals surface area contributed by atoms with E-state index in [9.17, 15) is 22.4 Å². The first-order valence-electron chi connectivity index (χ1n) is 8.23. The van der Waals surface area contributed by atoms with Crippen molar-refractivity contribution in [3.63, 3.8) is 0 Å². The van der Waals surface area contributed by atoms with Crippen LogP contribution in [-0.2, 0) is 11.3 Å². The normalized spacial score (nSPS) is 11.0. The minimum absolute atomic E-state index is 0.161. The molecule has 0 aliphatic carbocycles. The van der Waals surface area contributed by atoms with Crippen LogP contribution in [0.2, 0.25) is 0 Å². The first-order chi connectivity index (χ1) is 13.5. The predicted octanol–water partition coefficient (Wildman–Crippen LogP) is 3.69. The summed E-state index contributed by atoms with van der Waals surface area (Å²) < 4.78 is 46.5. The molecule has 0 unspecified atom stereocenters. The monoisotopic (exact) mass is 411 g/mol. The molecule has 0 aliphatic heterocycles. The van der Waals surface area contributed by atoms with Crippen LogP contribution < -0.4 is 0 Å². The van der Waals surface area contributed by atoms with Crippen LogP contribution in [0.1, 0.15) is 21.6 Å². The molecule has 154 valence electrons. The van der Waals surface area contributed by atoms with E-state index < -0.39 is 12.1 Å². The molecule has 0 saturated carbocycles. The second-order valence-corrected chi connectivity index (χ2v) is 6.19. The van der Waals surface area contributed by atoms with E-state index in [2.05, 4.69) is 4.98 Å². The Hall–Kier alpha value is -3.43. The van der Waals surface area contributed by atoms with Crippen molar-refractivity contribution in [2.24, 2.45) is 0 Å². The maximum absolute atomic E-state index is 12.9. The zero-order chi connectivity index (χ0) is 21.8. The molecule has 0 atom stereocenters. The Kier molecular flexibility index (Phi) is 6.57. The van der Waals surface area contributed by atoms with E-state index in [1.54, 1.807) is 30.3 Å². The minimum atomic E-state index is -5.08. The highest BCUT2D eigenvalue weighted by atomic mass is 19.4. The van der Waals surface area contributed by atoms with Crippen molar-refractivity contribution < 1.29 is 32.3 Å². The van der Waals surface area contributed by atoms with Crippen LogP contribution in [0.4, 0.5) is 17.6 Å². The number of imidazole rings is 1. The molecular weight excluding hydrogens is 394 g/mol. The number of fused-ring (bicyclic) bond motifs is 1. The molecule has 0 bridgehead atoms. The number of hydrogen-bond acceptors (Lipinski definition) is 3. The zero-order valence-electron chi connectivity index (χ0n) is 15.4. The maximum Gasteiger partial charge on any atom is 0.490 e. The standard InChI is InChI=1S/C17H16FN3O.C2HF3O2/c1-12-7-8-21-11-15(19-16(21)9-12)17(22)20(2)10-13-3-5-14(18)6-4-13;3-2(4,5)1(6)7/h3-9,11H,10H2,1-2H3;(H,6,7). The largest absolute Gasteiger partial charge is 0.490 e. The average molecular weight is 411 g/mol. The smallest absolute Gasteiger partial charge is 0.475 e. The number of alkyl halides is 3. The van der Waals surface area contributed by atoms with Gasteiger partial charge < -0.3 is 14.4 Å². The first-order valence-corrected chi connectivity index (χ1v) is 8.23. The Morgan fingerprint density at radius 1 is 1.17 bits per heavy atom. The van der Waals surface area contributed by atoms with Crippen molar-refractivity contribution >= 4 is 17.5 Å². The Morgan fingerprint density at radius 3 is 2.31 bits per heavy atom. The molecular formula is C19H17F4N3O3. The Labute approximate surface area is 163 Å². The van der Waals surface area contributed by atoms with E-state index in [-0.39, 0.29) is 11.7 Å². The number of pyridine rings is 1. The number of carboxylic acids is 1. The summed E-state index contributed by atoms with van der Waals surface area (Å²) in [6.07, 6.45) is -1.48. The molecule has 3 rings (SSSR count). The highest BCUT2D eigenvalue weighted by Crippen LogP contribution is 2.13. The molecule has 1 aromatic carbocycles. The van der Waals surface area contributed by atoms with E-state index in [1.165, 1.54) is 12.1 Å². The van der Waals surface area contributed by atoms with Gasteiger partial charge in [-0.3, -0.25) is 4.79 Å². The summed E-state index contributed by atoms with van der Waals surface area (Å²) in [4.78, 5) is 27.3. The number of amides is 1. The lowest BCUT2D eigenvalue weighted by atomic mass is 10.2. The number of carboxylic acid groups (broad SMARTS) is 1. The summed E-state index contributed by atoms with van der Waals surface area (Å²) >= 11 is 0. The third-order valence-corrected chi connectivity index (χ3v) is 3.76. The van der Waals surface area contributed by atoms with Gasteiger partial charge in [0.2, 0.25) is 0 Å². The van der Waals surface area contributed by atoms with E-state index in [0.717, 1.165) is 16.8 Å². The van der Waals surface area contributed by atoms with Crippen LogP contribution >= 0.6 is 0 Å². The molecule has 2 aromatic heterocycles. The Bertz CT molecular complexity index is 1010. The maximum atomic E-state index is 12.9. The highest BCUT2D eigenvalue weighted by Gasteiger charge is 2.38. The fraction of sp³-hybridized carbons (Fsp3) is 0.211. The Morgan fingerprint density at radius 2 is 1.76 bits per heavy atom. The number of aryl methyl sites for hydroxylation is 1. The number of hydrogen-bond donors (Lipinski definition) is 1. The van der Waals surface area contributed by atoms with Gasteiger partial charge in [0, 0.05) is 26.0 Å². The summed E-state index contributed by atoms with van der Waals surface area (Å²) in [5, 5.41) is 7.12. The summed E-state index contributed by atoms with van der Waals surface area (Å²) in [5.41, 5.74) is 3.11. The molecule has 2 heterocycles. The molecule has 0 fully saturated rings. The van der Waals surface area contributed by atoms with E-state index in [0.29, 0.717) is 12.2 Å². The van der Waals surface area contributed by atoms with Crippen molar-refractivity contribution in [1.29, 1.82) is 0 Å². The zero-order valence-corrected chi connectivity index (χ0v) is 15.4. The van der Waals surface area contributed by atoms with Gasteiger partial charge in [-0.15, -0.1) is 0 Å². The summed E-state index contributed by atoms with van der Waals surface area (Å²) in [6, 6.07) is 10.0. The fourth-order valence-corrected chi connectivity index (χ4v) is 2.32. The quantitative estimate of drug-likeness (QED) is 0.667. The van der Waals surface area contributed by atoms with Gasteiger partial charge >= 0.3 is 12.1 Å². The van der Waals surface area contributed by atoms with E-state index >= 15 is 0 Å². The van der Waals surface area contributed by atoms with E-state index in [4.69, 9.17) is 9.90 Å². The van der Waals surface area contributed by atoms with Crippen LogP contribution in [0.3, 0.4) is 0 Å². The topological polar surface area (TPSA) is 74.9 Å². The van der Waals surface area contributed by atoms with Crippen LogP contribution in [0, 0.1) is 12.7 Å². The van der Waals surface area contributed by atoms with Crippen LogP contribution in [0.25, 0.3) is 5.65 Å². The van der Waals surface area contributed by atoms with Crippen molar-refractivity contribution in [3.05, 3.63) is 71.4 Å². The minimum Gasteiger partial charge on any atom is -0.475 e. The number of carbonyl (C=O) groups excluding carboxylic acids is 1. The van der Waals surface area contributed by atoms with Gasteiger partial charge in [0.15, 0.2) is 0 Å². The fourth-order valence-electron chi connectivity index (χ4n) is 2.32. The number of rotatable bonds is 3. The number of nitrogens with zero attached hydrogens (tertiary/aromatic N) is 3. The average Bonchev–Trinajstić information content (AvgIpc) is 3.05. The van der Waals surface area contributed by atoms with Crippen molar-refractivity contribution in [2.75, 3.05) is 7.05 Å². The van der Waals surface area contributed by atoms with Gasteiger partial charge in [-0.05, 0) is 42.3 Å². The molecule has 0 aliphatic rings. The summed E-state index contributed by atoms with van der Waals surface area (Å²) in [7, 11) is 1.71. The molecule has 0 saturated heterocycles. The number of aliphatic carboxylic acids is 1. The van der Waals surface area contributed by atoms with Gasteiger partial charge in [-0.1, -0.05) is 12.1 Å². The van der Waals surface area contributed by atoms with Crippen LogP contribution in [0.15, 0.2) is 48.8 Å². The van der Waals surface area contributed by atoms with Crippen LogP contribution in [0.5, 0.6) is 0 Å². The van der Waals surface area contributed by atoms with Crippen molar-refractivity contribution in [2.45, 2.75) is 19.6 Å². The number of carbonyl (C=O) groups is 2. The Balaban J connectivity index is 0.000000370. The third-order valence-electron chi connectivity index (χ3n) is 3.76. The lowest BCUT2D eigenvalue weighted by molar-refractivity contribution is -0.192. The van der Waals surface area contributed by atoms with E-state index in [1.807, 2.05) is 29.7 Å². The SMILES string of the molecule is Cc1ccn2cc(C(=O)N(C)Cc3ccc(F)cc3)nc2c1.O=C(O)C(F)(F)F. The predicted molar refractivity (Wildman–Crippen MR) is 95.8 cm³/mol. The number of halogens is 4. The van der Waals surface area contributed by atoms with Gasteiger partial charge in [-0.25, -0.2) is 14.2 Å². The number of aromatic nitrogens is 2. The lowest BCUT2D eigenvalue weighted by Gasteiger charge is -2.15. The third kappa shape index (κ3) is 6.03. The highest BCUT2D eigenvalue weighted by molar-refractivity contribution is 5.92. The summed E-state index contributed by atoms with van der Waals surface area (Å²) in [6.45, 7) is 2.39. The first kappa shape index (κ1) is 21.9. The van der Waals surface area contributed by atoms with Gasteiger partial charge in [0.05, 0.1) is 0 Å². The molecule has 10 heteroatoms. The van der Waals surface area contributed by atoms with Gasteiger partial charge in [0.25, 0.3) is 5.91 Å². The molecule has 6 nitrogen and oxygen atoms in total. The molecule has 29 heavy (non-hydrogen) atoms. The van der Waals surface area contributed by atoms with Crippen LogP contribution in [-0.4, -0.2) is 44.5 Å². The van der Waals surface area contributed by atoms with Crippen molar-refractivity contribution in [1.82, 2.24) is 14.3 Å².